The van der Waals surface area contributed by atoms with Crippen molar-refractivity contribution in [2.24, 2.45) is 5.92 Å². The SMILES string of the molecule is COc1ccc([C@H]2C[C@H]3CC[C@@H]2OC3=O)cc1. The third kappa shape index (κ3) is 1.79. The molecule has 1 saturated carbocycles. The molecule has 17 heavy (non-hydrogen) atoms. The Morgan fingerprint density at radius 3 is 2.53 bits per heavy atom. The maximum Gasteiger partial charge on any atom is 0.309 e. The molecule has 0 aromatic heterocycles. The van der Waals surface area contributed by atoms with Gasteiger partial charge in [0.15, 0.2) is 0 Å². The van der Waals surface area contributed by atoms with Gasteiger partial charge in [-0.05, 0) is 37.0 Å². The number of carbonyl (C=O) groups is 1. The molecule has 3 aliphatic rings. The van der Waals surface area contributed by atoms with Crippen LogP contribution in [0.1, 0.15) is 30.7 Å². The van der Waals surface area contributed by atoms with Gasteiger partial charge in [-0.15, -0.1) is 0 Å². The summed E-state index contributed by atoms with van der Waals surface area (Å²) in [7, 11) is 1.67. The minimum absolute atomic E-state index is 0.00557. The van der Waals surface area contributed by atoms with E-state index in [1.165, 1.54) is 5.56 Å². The second kappa shape index (κ2) is 4.06. The van der Waals surface area contributed by atoms with Crippen molar-refractivity contribution in [3.8, 4) is 5.75 Å². The largest absolute Gasteiger partial charge is 0.497 e. The maximum atomic E-state index is 11.5. The second-order valence-corrected chi connectivity index (χ2v) is 4.86. The fourth-order valence-electron chi connectivity index (χ4n) is 2.95. The summed E-state index contributed by atoms with van der Waals surface area (Å²) < 4.78 is 10.6. The highest BCUT2D eigenvalue weighted by Gasteiger charge is 2.43. The topological polar surface area (TPSA) is 35.5 Å². The summed E-state index contributed by atoms with van der Waals surface area (Å²) in [6.07, 6.45) is 3.03. The number of fused-ring (bicyclic) bond motifs is 3. The lowest BCUT2D eigenvalue weighted by molar-refractivity contribution is -0.170. The zero-order valence-corrected chi connectivity index (χ0v) is 9.89. The number of carbonyl (C=O) groups excluding carboxylic acids is 1. The van der Waals surface area contributed by atoms with Crippen LogP contribution in [0.5, 0.6) is 5.75 Å². The molecule has 0 radical (unpaired) electrons. The van der Waals surface area contributed by atoms with E-state index >= 15 is 0 Å². The molecule has 3 nitrogen and oxygen atoms in total. The molecule has 90 valence electrons. The van der Waals surface area contributed by atoms with Crippen LogP contribution in [0.4, 0.5) is 0 Å². The van der Waals surface area contributed by atoms with Crippen LogP contribution in [0, 0.1) is 5.92 Å². The van der Waals surface area contributed by atoms with Crippen molar-refractivity contribution in [2.45, 2.75) is 31.3 Å². The molecule has 0 spiro atoms. The third-order valence-electron chi connectivity index (χ3n) is 3.93. The molecule has 3 heteroatoms. The predicted octanol–water partition coefficient (Wildman–Crippen LogP) is 2.50. The first-order chi connectivity index (χ1) is 8.28. The Labute approximate surface area is 101 Å². The Hall–Kier alpha value is -1.51. The molecule has 2 bridgehead atoms. The van der Waals surface area contributed by atoms with Gasteiger partial charge >= 0.3 is 5.97 Å². The Morgan fingerprint density at radius 2 is 2.00 bits per heavy atom. The van der Waals surface area contributed by atoms with Gasteiger partial charge in [0.05, 0.1) is 13.0 Å². The molecule has 3 atom stereocenters. The molecule has 1 aromatic carbocycles. The normalized spacial score (nSPS) is 31.1. The monoisotopic (exact) mass is 232 g/mol. The van der Waals surface area contributed by atoms with Crippen LogP contribution in [0.3, 0.4) is 0 Å². The average molecular weight is 232 g/mol. The van der Waals surface area contributed by atoms with Crippen molar-refractivity contribution < 1.29 is 14.3 Å². The number of esters is 1. The number of ether oxygens (including phenoxy) is 2. The van der Waals surface area contributed by atoms with Gasteiger partial charge in [0.1, 0.15) is 11.9 Å². The van der Waals surface area contributed by atoms with Gasteiger partial charge in [0.25, 0.3) is 0 Å². The molecule has 0 N–H and O–H groups in total. The van der Waals surface area contributed by atoms with E-state index in [2.05, 4.69) is 12.1 Å². The zero-order chi connectivity index (χ0) is 11.8. The number of benzene rings is 1. The van der Waals surface area contributed by atoms with E-state index in [9.17, 15) is 4.79 Å². The fourth-order valence-corrected chi connectivity index (χ4v) is 2.95. The van der Waals surface area contributed by atoms with E-state index in [0.717, 1.165) is 25.0 Å². The van der Waals surface area contributed by atoms with E-state index in [0.29, 0.717) is 5.92 Å². The van der Waals surface area contributed by atoms with Crippen LogP contribution in [0.25, 0.3) is 0 Å². The highest BCUT2D eigenvalue weighted by atomic mass is 16.5. The molecule has 4 rings (SSSR count). The minimum atomic E-state index is 0.00557. The number of hydrogen-bond donors (Lipinski definition) is 0. The van der Waals surface area contributed by atoms with Crippen LogP contribution in [0.15, 0.2) is 24.3 Å². The van der Waals surface area contributed by atoms with E-state index < -0.39 is 0 Å². The molecule has 2 aliphatic heterocycles. The summed E-state index contributed by atoms with van der Waals surface area (Å²) in [4.78, 5) is 11.5. The molecule has 0 unspecified atom stereocenters. The number of methoxy groups -OCH3 is 1. The molecule has 1 aromatic rings. The van der Waals surface area contributed by atoms with Gasteiger partial charge in [-0.1, -0.05) is 12.1 Å². The number of rotatable bonds is 2. The van der Waals surface area contributed by atoms with E-state index in [1.54, 1.807) is 7.11 Å². The Kier molecular flexibility index (Phi) is 2.54. The first-order valence-electron chi connectivity index (χ1n) is 6.12. The van der Waals surface area contributed by atoms with Crippen LogP contribution in [0.2, 0.25) is 0 Å². The van der Waals surface area contributed by atoms with Crippen LogP contribution in [-0.2, 0) is 9.53 Å². The lowest BCUT2D eigenvalue weighted by Crippen LogP contribution is -2.42. The fraction of sp³-hybridized carbons (Fsp3) is 0.500. The summed E-state index contributed by atoms with van der Waals surface area (Å²) in [6.45, 7) is 0. The van der Waals surface area contributed by atoms with Crippen molar-refractivity contribution in [1.82, 2.24) is 0 Å². The predicted molar refractivity (Wildman–Crippen MR) is 63.0 cm³/mol. The molecular weight excluding hydrogens is 216 g/mol. The highest BCUT2D eigenvalue weighted by Crippen LogP contribution is 2.43. The standard InChI is InChI=1S/C14H16O3/c1-16-11-5-2-9(3-6-11)12-8-10-4-7-13(12)17-14(10)15/h2-3,5-6,10,12-13H,4,7-8H2,1H3/t10-,12-,13+/m1/s1. The summed E-state index contributed by atoms with van der Waals surface area (Å²) in [5.41, 5.74) is 1.26. The first-order valence-corrected chi connectivity index (χ1v) is 6.12. The first kappa shape index (κ1) is 10.6. The van der Waals surface area contributed by atoms with Crippen LogP contribution >= 0.6 is 0 Å². The lowest BCUT2D eigenvalue weighted by Gasteiger charge is -2.41. The molecule has 2 heterocycles. The van der Waals surface area contributed by atoms with Crippen molar-refractivity contribution in [3.63, 3.8) is 0 Å². The molecule has 0 amide bonds. The van der Waals surface area contributed by atoms with E-state index in [-0.39, 0.29) is 18.0 Å². The van der Waals surface area contributed by atoms with Gasteiger partial charge in [-0.2, -0.15) is 0 Å². The Morgan fingerprint density at radius 1 is 1.24 bits per heavy atom. The Balaban J connectivity index is 1.82. The highest BCUT2D eigenvalue weighted by molar-refractivity contribution is 5.74. The van der Waals surface area contributed by atoms with E-state index in [1.807, 2.05) is 12.1 Å². The lowest BCUT2D eigenvalue weighted by atomic mass is 9.74. The van der Waals surface area contributed by atoms with Gasteiger partial charge in [-0.25, -0.2) is 0 Å². The summed E-state index contributed by atoms with van der Waals surface area (Å²) in [5, 5.41) is 0. The summed E-state index contributed by atoms with van der Waals surface area (Å²) in [6, 6.07) is 8.11. The number of hydrogen-bond acceptors (Lipinski definition) is 3. The smallest absolute Gasteiger partial charge is 0.309 e. The van der Waals surface area contributed by atoms with Gasteiger partial charge < -0.3 is 9.47 Å². The quantitative estimate of drug-likeness (QED) is 0.735. The van der Waals surface area contributed by atoms with Gasteiger partial charge in [-0.3, -0.25) is 4.79 Å². The summed E-state index contributed by atoms with van der Waals surface area (Å²) >= 11 is 0. The minimum Gasteiger partial charge on any atom is -0.497 e. The van der Waals surface area contributed by atoms with Crippen molar-refractivity contribution in [1.29, 1.82) is 0 Å². The third-order valence-corrected chi connectivity index (χ3v) is 3.93. The van der Waals surface area contributed by atoms with Crippen molar-refractivity contribution in [2.75, 3.05) is 7.11 Å². The second-order valence-electron chi connectivity index (χ2n) is 4.86. The van der Waals surface area contributed by atoms with Crippen molar-refractivity contribution in [3.05, 3.63) is 29.8 Å². The molecule has 3 fully saturated rings. The van der Waals surface area contributed by atoms with Crippen LogP contribution in [-0.4, -0.2) is 19.2 Å². The molecule has 2 saturated heterocycles. The van der Waals surface area contributed by atoms with E-state index in [4.69, 9.17) is 9.47 Å². The van der Waals surface area contributed by atoms with Crippen molar-refractivity contribution >= 4 is 5.97 Å². The zero-order valence-electron chi connectivity index (χ0n) is 9.89. The Bertz CT molecular complexity index is 424. The summed E-state index contributed by atoms with van der Waals surface area (Å²) in [5.74, 6) is 1.36. The maximum absolute atomic E-state index is 11.5. The van der Waals surface area contributed by atoms with Gasteiger partial charge in [0.2, 0.25) is 0 Å². The molecular formula is C14H16O3. The average Bonchev–Trinajstić information content (AvgIpc) is 2.39. The van der Waals surface area contributed by atoms with Crippen LogP contribution < -0.4 is 4.74 Å². The van der Waals surface area contributed by atoms with Gasteiger partial charge in [0, 0.05) is 5.92 Å². The molecule has 1 aliphatic carbocycles.